The standard InChI is InChI=1S/C41H50N10O5/c1-4-26(2)41(54)50(34-14-15-35(52)45-40(34)53)25-55-27(3)48-20-31(21-48)49-22-30(23-49)47-18-16-29(17-19-47)51-39-36(38(42)43-24-44-39)37(46-51)28-10-12-33(13-11-28)56-32-8-6-5-7-9-32/h5-13,24,27,29-31,34H,2,4,14-23,25H2,1,3H3,(H2,42,43,44)(H,45,52,53)/t27?,34-/m1/s1. The van der Waals surface area contributed by atoms with Gasteiger partial charge in [-0.3, -0.25) is 34.4 Å². The van der Waals surface area contributed by atoms with Crippen LogP contribution in [-0.4, -0.2) is 127 Å². The van der Waals surface area contributed by atoms with E-state index in [1.54, 1.807) is 0 Å². The average Bonchev–Trinajstić information content (AvgIpc) is 3.57. The van der Waals surface area contributed by atoms with Gasteiger partial charge in [0, 0.05) is 68.9 Å². The Morgan fingerprint density at radius 2 is 1.64 bits per heavy atom. The number of nitrogen functional groups attached to an aromatic ring is 1. The highest BCUT2D eigenvalue weighted by Crippen LogP contribution is 2.36. The van der Waals surface area contributed by atoms with Crippen LogP contribution >= 0.6 is 0 Å². The number of fused-ring (bicyclic) bond motifs is 1. The molecular formula is C41H50N10O5. The van der Waals surface area contributed by atoms with E-state index >= 15 is 0 Å². The maximum atomic E-state index is 13.1. The van der Waals surface area contributed by atoms with Gasteiger partial charge in [0.1, 0.15) is 48.3 Å². The van der Waals surface area contributed by atoms with E-state index in [1.165, 1.54) is 11.2 Å². The number of hydrogen-bond donors (Lipinski definition) is 2. The highest BCUT2D eigenvalue weighted by molar-refractivity contribution is 6.03. The molecule has 6 heterocycles. The summed E-state index contributed by atoms with van der Waals surface area (Å²) < 4.78 is 14.2. The molecule has 0 saturated carbocycles. The molecule has 15 nitrogen and oxygen atoms in total. The number of hydrogen-bond acceptors (Lipinski definition) is 12. The smallest absolute Gasteiger partial charge is 0.251 e. The number of likely N-dealkylation sites (tertiary alicyclic amines) is 3. The van der Waals surface area contributed by atoms with Gasteiger partial charge in [-0.15, -0.1) is 0 Å². The first-order valence-corrected chi connectivity index (χ1v) is 19.6. The van der Waals surface area contributed by atoms with Gasteiger partial charge in [0.15, 0.2) is 5.65 Å². The molecule has 2 atom stereocenters. The molecule has 294 valence electrons. The fraction of sp³-hybridized carbons (Fsp3) is 0.463. The third-order valence-electron chi connectivity index (χ3n) is 11.8. The largest absolute Gasteiger partial charge is 0.457 e. The van der Waals surface area contributed by atoms with Crippen LogP contribution < -0.4 is 15.8 Å². The van der Waals surface area contributed by atoms with Gasteiger partial charge in [0.05, 0.1) is 11.4 Å². The van der Waals surface area contributed by atoms with E-state index in [2.05, 4.69) is 41.2 Å². The molecule has 0 aliphatic carbocycles. The predicted molar refractivity (Wildman–Crippen MR) is 210 cm³/mol. The minimum absolute atomic E-state index is 0.0398. The Bertz CT molecular complexity index is 2070. The van der Waals surface area contributed by atoms with Gasteiger partial charge in [-0.2, -0.15) is 5.10 Å². The van der Waals surface area contributed by atoms with Crippen molar-refractivity contribution in [2.45, 2.75) is 76.3 Å². The number of rotatable bonds is 13. The fourth-order valence-corrected chi connectivity index (χ4v) is 8.20. The van der Waals surface area contributed by atoms with Gasteiger partial charge in [0.25, 0.3) is 5.91 Å². The lowest BCUT2D eigenvalue weighted by Crippen LogP contribution is -2.71. The Hall–Kier alpha value is -5.22. The Morgan fingerprint density at radius 3 is 2.34 bits per heavy atom. The first-order chi connectivity index (χ1) is 27.2. The number of nitrogens with two attached hydrogens (primary N) is 1. The lowest BCUT2D eigenvalue weighted by molar-refractivity contribution is -0.166. The van der Waals surface area contributed by atoms with Crippen LogP contribution in [0.1, 0.15) is 52.0 Å². The molecule has 0 spiro atoms. The summed E-state index contributed by atoms with van der Waals surface area (Å²) in [4.78, 5) is 55.2. The Kier molecular flexibility index (Phi) is 10.8. The van der Waals surface area contributed by atoms with E-state index in [-0.39, 0.29) is 43.7 Å². The third-order valence-corrected chi connectivity index (χ3v) is 11.8. The topological polar surface area (TPSA) is 164 Å². The average molecular weight is 763 g/mol. The van der Waals surface area contributed by atoms with E-state index in [9.17, 15) is 14.4 Å². The number of ether oxygens (including phenoxy) is 2. The van der Waals surface area contributed by atoms with Crippen LogP contribution in [-0.2, 0) is 19.1 Å². The summed E-state index contributed by atoms with van der Waals surface area (Å²) in [5, 5.41) is 8.24. The van der Waals surface area contributed by atoms with E-state index in [1.807, 2.05) is 68.4 Å². The second-order valence-corrected chi connectivity index (χ2v) is 15.3. The molecule has 0 bridgehead atoms. The second kappa shape index (κ2) is 16.1. The summed E-state index contributed by atoms with van der Waals surface area (Å²) in [6.45, 7) is 13.5. The van der Waals surface area contributed by atoms with Gasteiger partial charge in [-0.05, 0) is 69.0 Å². The molecule has 4 aliphatic rings. The minimum Gasteiger partial charge on any atom is -0.457 e. The van der Waals surface area contributed by atoms with Crippen LogP contribution in [0.4, 0.5) is 5.82 Å². The molecule has 2 aromatic carbocycles. The number of imide groups is 1. The zero-order valence-electron chi connectivity index (χ0n) is 32.0. The second-order valence-electron chi connectivity index (χ2n) is 15.3. The molecule has 2 aromatic heterocycles. The molecular weight excluding hydrogens is 713 g/mol. The van der Waals surface area contributed by atoms with Crippen LogP contribution in [0.5, 0.6) is 11.5 Å². The SMILES string of the molecule is C=C(CC)C(=O)N(COC(C)N1CC(N2CC(N3CCC(n4nc(-c5ccc(Oc6ccccc6)cc5)c5c(N)ncnc54)CC3)C2)C1)[C@@H]1CCC(=O)NC1=O. The van der Waals surface area contributed by atoms with E-state index in [0.29, 0.717) is 29.9 Å². The van der Waals surface area contributed by atoms with Crippen LogP contribution in [0, 0.1) is 0 Å². The normalized spacial score (nSPS) is 21.0. The highest BCUT2D eigenvalue weighted by atomic mass is 16.5. The molecule has 4 aliphatic heterocycles. The summed E-state index contributed by atoms with van der Waals surface area (Å²) >= 11 is 0. The Labute approximate surface area is 326 Å². The van der Waals surface area contributed by atoms with Crippen molar-refractivity contribution in [1.82, 2.24) is 44.7 Å². The minimum atomic E-state index is -0.753. The summed E-state index contributed by atoms with van der Waals surface area (Å²) in [6, 6.07) is 18.0. The molecule has 3 amide bonds. The molecule has 4 aromatic rings. The number of carbonyl (C=O) groups is 3. The number of carbonyl (C=O) groups excluding carboxylic acids is 3. The van der Waals surface area contributed by atoms with E-state index in [4.69, 9.17) is 20.3 Å². The van der Waals surface area contributed by atoms with E-state index in [0.717, 1.165) is 85.9 Å². The van der Waals surface area contributed by atoms with Crippen molar-refractivity contribution in [2.75, 3.05) is 51.7 Å². The molecule has 3 N–H and O–H groups in total. The molecule has 1 unspecified atom stereocenters. The number of benzene rings is 2. The lowest BCUT2D eigenvalue weighted by atomic mass is 9.96. The van der Waals surface area contributed by atoms with Crippen molar-refractivity contribution in [1.29, 1.82) is 0 Å². The molecule has 15 heteroatoms. The van der Waals surface area contributed by atoms with Crippen LogP contribution in [0.25, 0.3) is 22.3 Å². The first-order valence-electron chi connectivity index (χ1n) is 19.6. The number of nitrogens with one attached hydrogen (secondary N) is 1. The van der Waals surface area contributed by atoms with Crippen molar-refractivity contribution >= 4 is 34.6 Å². The third kappa shape index (κ3) is 7.63. The van der Waals surface area contributed by atoms with Gasteiger partial charge < -0.3 is 20.1 Å². The van der Waals surface area contributed by atoms with E-state index < -0.39 is 11.9 Å². The number of aromatic nitrogens is 4. The number of amides is 3. The van der Waals surface area contributed by atoms with Crippen LogP contribution in [0.3, 0.4) is 0 Å². The van der Waals surface area contributed by atoms with Gasteiger partial charge in [-0.1, -0.05) is 31.7 Å². The summed E-state index contributed by atoms with van der Waals surface area (Å²) in [6.07, 6.45) is 4.16. The van der Waals surface area contributed by atoms with Gasteiger partial charge in [0.2, 0.25) is 11.8 Å². The summed E-state index contributed by atoms with van der Waals surface area (Å²) in [5.41, 5.74) is 9.31. The van der Waals surface area contributed by atoms with Gasteiger partial charge in [-0.25, -0.2) is 14.6 Å². The number of piperidine rings is 2. The zero-order valence-corrected chi connectivity index (χ0v) is 32.0. The first kappa shape index (κ1) is 37.7. The summed E-state index contributed by atoms with van der Waals surface area (Å²) in [5.74, 6) is 0.844. The van der Waals surface area contributed by atoms with Crippen molar-refractivity contribution in [3.8, 4) is 22.8 Å². The fourth-order valence-electron chi connectivity index (χ4n) is 8.20. The molecule has 0 radical (unpaired) electrons. The van der Waals surface area contributed by atoms with Crippen molar-refractivity contribution in [3.05, 3.63) is 73.1 Å². The predicted octanol–water partition coefficient (Wildman–Crippen LogP) is 3.79. The Balaban J connectivity index is 0.817. The van der Waals surface area contributed by atoms with Crippen molar-refractivity contribution in [3.63, 3.8) is 0 Å². The number of para-hydroxylation sites is 1. The molecule has 56 heavy (non-hydrogen) atoms. The van der Waals surface area contributed by atoms with Gasteiger partial charge >= 0.3 is 0 Å². The lowest BCUT2D eigenvalue weighted by Gasteiger charge is -2.55. The zero-order chi connectivity index (χ0) is 38.9. The number of nitrogens with zero attached hydrogens (tertiary/aromatic N) is 8. The maximum absolute atomic E-state index is 13.1. The van der Waals surface area contributed by atoms with Crippen molar-refractivity contribution < 1.29 is 23.9 Å². The monoisotopic (exact) mass is 762 g/mol. The molecule has 4 saturated heterocycles. The quantitative estimate of drug-likeness (QED) is 0.115. The molecule has 8 rings (SSSR count). The highest BCUT2D eigenvalue weighted by Gasteiger charge is 2.43. The van der Waals surface area contributed by atoms with Crippen LogP contribution in [0.15, 0.2) is 73.1 Å². The van der Waals surface area contributed by atoms with Crippen LogP contribution in [0.2, 0.25) is 0 Å². The number of anilines is 1. The maximum Gasteiger partial charge on any atom is 0.251 e. The summed E-state index contributed by atoms with van der Waals surface area (Å²) in [7, 11) is 0. The molecule has 4 fully saturated rings. The van der Waals surface area contributed by atoms with Crippen molar-refractivity contribution in [2.24, 2.45) is 0 Å². The Morgan fingerprint density at radius 1 is 0.946 bits per heavy atom.